The maximum absolute atomic E-state index is 11.6. The third-order valence-corrected chi connectivity index (χ3v) is 3.44. The van der Waals surface area contributed by atoms with Crippen molar-refractivity contribution in [3.63, 3.8) is 0 Å². The molecule has 1 aromatic heterocycles. The van der Waals surface area contributed by atoms with E-state index < -0.39 is 11.7 Å². The second-order valence-corrected chi connectivity index (χ2v) is 5.18. The van der Waals surface area contributed by atoms with Crippen LogP contribution in [0.15, 0.2) is 58.4 Å². The number of carboxylic acids is 1. The number of hydrazone groups is 1. The van der Waals surface area contributed by atoms with Crippen LogP contribution in [-0.4, -0.2) is 26.8 Å². The molecule has 0 aliphatic carbocycles. The number of anilines is 1. The Labute approximate surface area is 136 Å². The van der Waals surface area contributed by atoms with Gasteiger partial charge in [-0.3, -0.25) is 5.43 Å². The zero-order chi connectivity index (χ0) is 17.1. The average Bonchev–Trinajstić information content (AvgIpc) is 2.56. The minimum Gasteiger partial charge on any atom is -0.476 e. The number of aliphatic carboxylic acids is 1. The summed E-state index contributed by atoms with van der Waals surface area (Å²) >= 11 is 0. The highest BCUT2D eigenvalue weighted by Crippen LogP contribution is 2.17. The summed E-state index contributed by atoms with van der Waals surface area (Å²) in [6.07, 6.45) is 0. The van der Waals surface area contributed by atoms with E-state index in [1.54, 1.807) is 48.5 Å². The number of benzene rings is 2. The van der Waals surface area contributed by atoms with Crippen molar-refractivity contribution in [2.24, 2.45) is 5.10 Å². The van der Waals surface area contributed by atoms with Crippen LogP contribution in [0.1, 0.15) is 11.1 Å². The Kier molecular flexibility index (Phi) is 4.07. The van der Waals surface area contributed by atoms with Crippen molar-refractivity contribution in [3.8, 4) is 0 Å². The fraction of sp³-hybridized carbons (Fsp3) is 0.0588. The van der Waals surface area contributed by atoms with Crippen LogP contribution in [0.5, 0.6) is 0 Å². The maximum atomic E-state index is 11.6. The fourth-order valence-electron chi connectivity index (χ4n) is 2.24. The van der Waals surface area contributed by atoms with Gasteiger partial charge in [0.2, 0.25) is 0 Å². The fourth-order valence-corrected chi connectivity index (χ4v) is 2.24. The first kappa shape index (κ1) is 15.4. The van der Waals surface area contributed by atoms with Crippen molar-refractivity contribution in [2.75, 3.05) is 5.43 Å². The van der Waals surface area contributed by atoms with Crippen molar-refractivity contribution in [1.82, 2.24) is 9.97 Å². The SMILES string of the molecule is Cc1ccc(/C(=N/Nc2nc(=O)[nH]c3ccccc23)C(=O)O)cc1. The molecule has 0 unspecified atom stereocenters. The van der Waals surface area contributed by atoms with E-state index in [9.17, 15) is 14.7 Å². The third kappa shape index (κ3) is 3.14. The van der Waals surface area contributed by atoms with Crippen molar-refractivity contribution >= 4 is 28.4 Å². The lowest BCUT2D eigenvalue weighted by Crippen LogP contribution is -2.18. The van der Waals surface area contributed by atoms with E-state index in [0.29, 0.717) is 16.5 Å². The van der Waals surface area contributed by atoms with E-state index in [-0.39, 0.29) is 11.5 Å². The topological polar surface area (TPSA) is 107 Å². The lowest BCUT2D eigenvalue weighted by molar-refractivity contribution is -0.129. The van der Waals surface area contributed by atoms with Gasteiger partial charge in [0.25, 0.3) is 0 Å². The molecule has 0 aliphatic rings. The molecule has 0 radical (unpaired) electrons. The monoisotopic (exact) mass is 322 g/mol. The zero-order valence-electron chi connectivity index (χ0n) is 12.8. The molecule has 1 heterocycles. The molecule has 7 nitrogen and oxygen atoms in total. The Morgan fingerprint density at radius 3 is 2.58 bits per heavy atom. The summed E-state index contributed by atoms with van der Waals surface area (Å²) in [5.41, 5.74) is 3.94. The molecule has 3 N–H and O–H groups in total. The number of hydrogen-bond acceptors (Lipinski definition) is 5. The minimum atomic E-state index is -1.18. The molecule has 2 aromatic carbocycles. The van der Waals surface area contributed by atoms with E-state index in [0.717, 1.165) is 5.56 Å². The van der Waals surface area contributed by atoms with Crippen molar-refractivity contribution in [3.05, 3.63) is 70.1 Å². The summed E-state index contributed by atoms with van der Waals surface area (Å²) in [5, 5.41) is 14.0. The number of fused-ring (bicyclic) bond motifs is 1. The highest BCUT2D eigenvalue weighted by atomic mass is 16.4. The van der Waals surface area contributed by atoms with Gasteiger partial charge in [-0.25, -0.2) is 9.59 Å². The quantitative estimate of drug-likeness (QED) is 0.504. The molecule has 0 bridgehead atoms. The lowest BCUT2D eigenvalue weighted by Gasteiger charge is -2.06. The Hall–Kier alpha value is -3.48. The van der Waals surface area contributed by atoms with Crippen LogP contribution in [0.2, 0.25) is 0 Å². The van der Waals surface area contributed by atoms with Crippen molar-refractivity contribution in [1.29, 1.82) is 0 Å². The van der Waals surface area contributed by atoms with Gasteiger partial charge in [0.05, 0.1) is 5.52 Å². The molecule has 3 aromatic rings. The summed E-state index contributed by atoms with van der Waals surface area (Å²) in [4.78, 5) is 29.5. The average molecular weight is 322 g/mol. The molecule has 24 heavy (non-hydrogen) atoms. The molecular formula is C17H14N4O3. The summed E-state index contributed by atoms with van der Waals surface area (Å²) in [7, 11) is 0. The number of para-hydroxylation sites is 1. The van der Waals surface area contributed by atoms with E-state index in [2.05, 4.69) is 20.5 Å². The van der Waals surface area contributed by atoms with Gasteiger partial charge in [0.15, 0.2) is 11.5 Å². The number of carboxylic acid groups (broad SMARTS) is 1. The smallest absolute Gasteiger partial charge is 0.356 e. The molecule has 0 amide bonds. The molecule has 7 heteroatoms. The van der Waals surface area contributed by atoms with Crippen LogP contribution in [0, 0.1) is 6.92 Å². The van der Waals surface area contributed by atoms with E-state index in [1.165, 1.54) is 0 Å². The van der Waals surface area contributed by atoms with Crippen LogP contribution < -0.4 is 11.1 Å². The summed E-state index contributed by atoms with van der Waals surface area (Å²) in [6, 6.07) is 14.0. The van der Waals surface area contributed by atoms with Gasteiger partial charge in [-0.2, -0.15) is 10.1 Å². The maximum Gasteiger partial charge on any atom is 0.356 e. The Morgan fingerprint density at radius 2 is 1.88 bits per heavy atom. The molecule has 0 spiro atoms. The van der Waals surface area contributed by atoms with Crippen LogP contribution in [0.4, 0.5) is 5.82 Å². The van der Waals surface area contributed by atoms with Gasteiger partial charge in [-0.15, -0.1) is 0 Å². The Balaban J connectivity index is 2.03. The number of nitrogens with zero attached hydrogens (tertiary/aromatic N) is 2. The lowest BCUT2D eigenvalue weighted by atomic mass is 10.1. The van der Waals surface area contributed by atoms with E-state index in [4.69, 9.17) is 0 Å². The second kappa shape index (κ2) is 6.33. The predicted octanol–water partition coefficient (Wildman–Crippen LogP) is 2.13. The van der Waals surface area contributed by atoms with Crippen molar-refractivity contribution < 1.29 is 9.90 Å². The molecular weight excluding hydrogens is 308 g/mol. The van der Waals surface area contributed by atoms with E-state index in [1.807, 2.05) is 6.92 Å². The number of nitrogens with one attached hydrogen (secondary N) is 2. The molecule has 0 atom stereocenters. The normalized spacial score (nSPS) is 11.5. The first-order valence-corrected chi connectivity index (χ1v) is 7.17. The summed E-state index contributed by atoms with van der Waals surface area (Å²) in [5.74, 6) is -0.985. The third-order valence-electron chi connectivity index (χ3n) is 3.44. The van der Waals surface area contributed by atoms with Crippen LogP contribution in [-0.2, 0) is 4.79 Å². The van der Waals surface area contributed by atoms with Crippen LogP contribution >= 0.6 is 0 Å². The number of carbonyl (C=O) groups is 1. The van der Waals surface area contributed by atoms with Gasteiger partial charge in [0.1, 0.15) is 0 Å². The zero-order valence-corrected chi connectivity index (χ0v) is 12.8. The molecule has 0 fully saturated rings. The number of aromatic amines is 1. The predicted molar refractivity (Wildman–Crippen MR) is 91.3 cm³/mol. The number of aromatic nitrogens is 2. The van der Waals surface area contributed by atoms with E-state index >= 15 is 0 Å². The minimum absolute atomic E-state index is 0.166. The number of aryl methyl sites for hydroxylation is 1. The standard InChI is InChI=1S/C17H14N4O3/c1-10-6-8-11(9-7-10)14(16(22)23)20-21-15-12-4-2-3-5-13(12)18-17(24)19-15/h2-9H,1H3,(H,22,23)(H2,18,19,21,24)/b20-14-. The molecule has 120 valence electrons. The van der Waals surface area contributed by atoms with Crippen LogP contribution in [0.25, 0.3) is 10.9 Å². The second-order valence-electron chi connectivity index (χ2n) is 5.18. The van der Waals surface area contributed by atoms with Gasteiger partial charge in [0, 0.05) is 10.9 Å². The number of hydrogen-bond donors (Lipinski definition) is 3. The largest absolute Gasteiger partial charge is 0.476 e. The van der Waals surface area contributed by atoms with Gasteiger partial charge < -0.3 is 10.1 Å². The first-order valence-electron chi connectivity index (χ1n) is 7.17. The summed E-state index contributed by atoms with van der Waals surface area (Å²) in [6.45, 7) is 1.91. The highest BCUT2D eigenvalue weighted by molar-refractivity contribution is 6.42. The molecule has 0 aliphatic heterocycles. The first-order chi connectivity index (χ1) is 11.5. The van der Waals surface area contributed by atoms with Gasteiger partial charge in [-0.05, 0) is 19.1 Å². The highest BCUT2D eigenvalue weighted by Gasteiger charge is 2.13. The molecule has 0 saturated heterocycles. The van der Waals surface area contributed by atoms with Gasteiger partial charge >= 0.3 is 11.7 Å². The number of H-pyrrole nitrogens is 1. The van der Waals surface area contributed by atoms with Gasteiger partial charge in [-0.1, -0.05) is 42.0 Å². The molecule has 0 saturated carbocycles. The molecule has 3 rings (SSSR count). The van der Waals surface area contributed by atoms with Crippen LogP contribution in [0.3, 0.4) is 0 Å². The van der Waals surface area contributed by atoms with Crippen molar-refractivity contribution in [2.45, 2.75) is 6.92 Å². The Bertz CT molecular complexity index is 991. The number of rotatable bonds is 4. The summed E-state index contributed by atoms with van der Waals surface area (Å²) < 4.78 is 0. The Morgan fingerprint density at radius 1 is 1.17 bits per heavy atom.